The average molecular weight is 367 g/mol. The molecule has 0 aliphatic rings. The number of hydrogen-bond donors (Lipinski definition) is 1. The van der Waals surface area contributed by atoms with Crippen LogP contribution in [0.15, 0.2) is 78.9 Å². The van der Waals surface area contributed by atoms with Crippen LogP contribution < -0.4 is 5.32 Å². The van der Waals surface area contributed by atoms with Crippen LogP contribution in [0, 0.1) is 6.92 Å². The molecule has 1 N–H and O–H groups in total. The van der Waals surface area contributed by atoms with Crippen molar-refractivity contribution in [2.75, 3.05) is 19.4 Å². The minimum atomic E-state index is 0.939. The molecule has 0 bridgehead atoms. The first-order valence-corrected chi connectivity index (χ1v) is 9.56. The van der Waals surface area contributed by atoms with Crippen molar-refractivity contribution in [3.05, 3.63) is 90.1 Å². The zero-order chi connectivity index (χ0) is 19.5. The minimum Gasteiger partial charge on any atom is -0.355 e. The highest BCUT2D eigenvalue weighted by Gasteiger charge is 2.06. The number of anilines is 2. The molecular formula is C25H25N3. The number of nitrogens with one attached hydrogen (secondary N) is 1. The SMILES string of the molecule is Cc1cc(Nc2cccc(-c3cccc(CN(C)C)c3)c2)c2ccccc2n1. The van der Waals surface area contributed by atoms with Gasteiger partial charge in [-0.3, -0.25) is 4.98 Å². The van der Waals surface area contributed by atoms with E-state index in [0.29, 0.717) is 0 Å². The number of pyridine rings is 1. The van der Waals surface area contributed by atoms with Crippen LogP contribution in [0.25, 0.3) is 22.0 Å². The number of rotatable bonds is 5. The molecule has 0 saturated heterocycles. The molecule has 3 aromatic carbocycles. The molecule has 1 aromatic heterocycles. The molecule has 3 heteroatoms. The van der Waals surface area contributed by atoms with E-state index in [1.807, 2.05) is 13.0 Å². The van der Waals surface area contributed by atoms with Gasteiger partial charge in [-0.1, -0.05) is 48.5 Å². The normalized spacial score (nSPS) is 11.1. The van der Waals surface area contributed by atoms with Gasteiger partial charge in [-0.05, 0) is 68.0 Å². The molecule has 0 aliphatic carbocycles. The predicted octanol–water partition coefficient (Wildman–Crippen LogP) is 6.02. The Morgan fingerprint density at radius 3 is 2.39 bits per heavy atom. The number of fused-ring (bicyclic) bond motifs is 1. The van der Waals surface area contributed by atoms with Gasteiger partial charge in [-0.25, -0.2) is 0 Å². The third-order valence-electron chi connectivity index (χ3n) is 4.74. The predicted molar refractivity (Wildman–Crippen MR) is 119 cm³/mol. The Morgan fingerprint density at radius 1 is 0.821 bits per heavy atom. The molecule has 0 atom stereocenters. The van der Waals surface area contributed by atoms with E-state index in [-0.39, 0.29) is 0 Å². The standard InChI is InChI=1S/C25H25N3/c1-18-14-25(23-12-4-5-13-24(23)26-18)27-22-11-7-10-21(16-22)20-9-6-8-19(15-20)17-28(2)3/h4-16H,17H2,1-3H3,(H,26,27). The van der Waals surface area contributed by atoms with E-state index in [9.17, 15) is 0 Å². The molecule has 0 saturated carbocycles. The third-order valence-corrected chi connectivity index (χ3v) is 4.74. The van der Waals surface area contributed by atoms with Crippen molar-refractivity contribution in [2.24, 2.45) is 0 Å². The molecule has 3 nitrogen and oxygen atoms in total. The van der Waals surface area contributed by atoms with Gasteiger partial charge < -0.3 is 10.2 Å². The molecule has 1 heterocycles. The largest absolute Gasteiger partial charge is 0.355 e. The van der Waals surface area contributed by atoms with E-state index in [4.69, 9.17) is 0 Å². The van der Waals surface area contributed by atoms with E-state index in [1.54, 1.807) is 0 Å². The van der Waals surface area contributed by atoms with Crippen LogP contribution in [0.5, 0.6) is 0 Å². The second-order valence-electron chi connectivity index (χ2n) is 7.47. The lowest BCUT2D eigenvalue weighted by atomic mass is 10.0. The molecule has 140 valence electrons. The molecule has 4 aromatic rings. The van der Waals surface area contributed by atoms with Crippen molar-refractivity contribution in [1.29, 1.82) is 0 Å². The minimum absolute atomic E-state index is 0.939. The van der Waals surface area contributed by atoms with Crippen molar-refractivity contribution in [3.8, 4) is 11.1 Å². The lowest BCUT2D eigenvalue weighted by molar-refractivity contribution is 0.402. The molecule has 0 aliphatic heterocycles. The van der Waals surface area contributed by atoms with Crippen molar-refractivity contribution in [2.45, 2.75) is 13.5 Å². The summed E-state index contributed by atoms with van der Waals surface area (Å²) < 4.78 is 0. The highest BCUT2D eigenvalue weighted by molar-refractivity contribution is 5.93. The topological polar surface area (TPSA) is 28.2 Å². The van der Waals surface area contributed by atoms with E-state index >= 15 is 0 Å². The van der Waals surface area contributed by atoms with Crippen molar-refractivity contribution >= 4 is 22.3 Å². The fourth-order valence-electron chi connectivity index (χ4n) is 3.56. The fraction of sp³-hybridized carbons (Fsp3) is 0.160. The highest BCUT2D eigenvalue weighted by Crippen LogP contribution is 2.29. The first-order valence-electron chi connectivity index (χ1n) is 9.56. The molecule has 28 heavy (non-hydrogen) atoms. The molecule has 0 unspecified atom stereocenters. The summed E-state index contributed by atoms with van der Waals surface area (Å²) in [6.45, 7) is 2.97. The van der Waals surface area contributed by atoms with Crippen LogP contribution in [-0.4, -0.2) is 24.0 Å². The second kappa shape index (κ2) is 7.83. The molecule has 0 amide bonds. The number of nitrogens with zero attached hydrogens (tertiary/aromatic N) is 2. The number of hydrogen-bond acceptors (Lipinski definition) is 3. The first kappa shape index (κ1) is 18.2. The quantitative estimate of drug-likeness (QED) is 0.468. The molecular weight excluding hydrogens is 342 g/mol. The Balaban J connectivity index is 1.67. The van der Waals surface area contributed by atoms with Crippen molar-refractivity contribution < 1.29 is 0 Å². The molecule has 0 spiro atoms. The number of para-hydroxylation sites is 1. The Bertz CT molecular complexity index is 1120. The van der Waals surface area contributed by atoms with Gasteiger partial charge in [-0.2, -0.15) is 0 Å². The number of benzene rings is 3. The Morgan fingerprint density at radius 2 is 1.57 bits per heavy atom. The van der Waals surface area contributed by atoms with Gasteiger partial charge in [0.2, 0.25) is 0 Å². The summed E-state index contributed by atoms with van der Waals surface area (Å²) in [5, 5.41) is 4.73. The van der Waals surface area contributed by atoms with Crippen LogP contribution in [0.2, 0.25) is 0 Å². The van der Waals surface area contributed by atoms with Gasteiger partial charge in [0.1, 0.15) is 0 Å². The molecule has 0 radical (unpaired) electrons. The van der Waals surface area contributed by atoms with Gasteiger partial charge in [0.05, 0.1) is 5.52 Å². The third kappa shape index (κ3) is 4.05. The van der Waals surface area contributed by atoms with Crippen LogP contribution in [-0.2, 0) is 6.54 Å². The lowest BCUT2D eigenvalue weighted by Gasteiger charge is -2.13. The Hall–Kier alpha value is -3.17. The van der Waals surface area contributed by atoms with Crippen LogP contribution in [0.4, 0.5) is 11.4 Å². The second-order valence-corrected chi connectivity index (χ2v) is 7.47. The summed E-state index contributed by atoms with van der Waals surface area (Å²) in [4.78, 5) is 6.82. The van der Waals surface area contributed by atoms with Crippen LogP contribution >= 0.6 is 0 Å². The summed E-state index contributed by atoms with van der Waals surface area (Å²) in [7, 11) is 4.19. The first-order chi connectivity index (χ1) is 13.6. The van der Waals surface area contributed by atoms with Gasteiger partial charge in [0.25, 0.3) is 0 Å². The van der Waals surface area contributed by atoms with E-state index in [1.165, 1.54) is 16.7 Å². The maximum Gasteiger partial charge on any atom is 0.0726 e. The van der Waals surface area contributed by atoms with Gasteiger partial charge >= 0.3 is 0 Å². The van der Waals surface area contributed by atoms with E-state index in [2.05, 4.69) is 102 Å². The Kier molecular flexibility index (Phi) is 5.09. The maximum atomic E-state index is 4.63. The van der Waals surface area contributed by atoms with E-state index < -0.39 is 0 Å². The van der Waals surface area contributed by atoms with Crippen LogP contribution in [0.1, 0.15) is 11.3 Å². The van der Waals surface area contributed by atoms with E-state index in [0.717, 1.165) is 34.5 Å². The average Bonchev–Trinajstić information content (AvgIpc) is 2.68. The summed E-state index contributed by atoms with van der Waals surface area (Å²) in [5.41, 5.74) is 7.94. The zero-order valence-corrected chi connectivity index (χ0v) is 16.6. The van der Waals surface area contributed by atoms with Crippen molar-refractivity contribution in [3.63, 3.8) is 0 Å². The fourth-order valence-corrected chi connectivity index (χ4v) is 3.56. The molecule has 4 rings (SSSR count). The Labute approximate surface area is 166 Å². The van der Waals surface area contributed by atoms with Gasteiger partial charge in [-0.15, -0.1) is 0 Å². The number of aromatic nitrogens is 1. The lowest BCUT2D eigenvalue weighted by Crippen LogP contribution is -2.10. The summed E-state index contributed by atoms with van der Waals surface area (Å²) in [6, 6.07) is 27.7. The van der Waals surface area contributed by atoms with Crippen LogP contribution in [0.3, 0.4) is 0 Å². The molecule has 0 fully saturated rings. The number of aryl methyl sites for hydroxylation is 1. The van der Waals surface area contributed by atoms with Crippen molar-refractivity contribution in [1.82, 2.24) is 9.88 Å². The summed E-state index contributed by atoms with van der Waals surface area (Å²) in [6.07, 6.45) is 0. The maximum absolute atomic E-state index is 4.63. The smallest absolute Gasteiger partial charge is 0.0726 e. The summed E-state index contributed by atoms with van der Waals surface area (Å²) in [5.74, 6) is 0. The summed E-state index contributed by atoms with van der Waals surface area (Å²) >= 11 is 0. The highest BCUT2D eigenvalue weighted by atomic mass is 15.0. The zero-order valence-electron chi connectivity index (χ0n) is 16.6. The monoisotopic (exact) mass is 367 g/mol. The van der Waals surface area contributed by atoms with Gasteiger partial charge in [0.15, 0.2) is 0 Å². The van der Waals surface area contributed by atoms with Gasteiger partial charge in [0, 0.05) is 29.0 Å².